The zero-order valence-corrected chi connectivity index (χ0v) is 14.8. The molecular formula is C18H17ClN4O2. The summed E-state index contributed by atoms with van der Waals surface area (Å²) in [6, 6.07) is 9.14. The van der Waals surface area contributed by atoms with Crippen molar-refractivity contribution in [2.24, 2.45) is 0 Å². The minimum atomic E-state index is -0.186. The first kappa shape index (κ1) is 17.0. The Hall–Kier alpha value is -2.86. The first-order valence-corrected chi connectivity index (χ1v) is 8.07. The number of rotatable bonds is 3. The summed E-state index contributed by atoms with van der Waals surface area (Å²) in [5.41, 5.74) is 4.48. The number of fused-ring (bicyclic) bond motifs is 1. The second kappa shape index (κ2) is 6.57. The number of amides is 2. The maximum absolute atomic E-state index is 11.3. The number of imidazole rings is 1. The van der Waals surface area contributed by atoms with E-state index in [1.165, 1.54) is 13.8 Å². The van der Waals surface area contributed by atoms with Crippen molar-refractivity contribution in [3.8, 4) is 11.4 Å². The molecule has 3 rings (SSSR count). The Bertz CT molecular complexity index is 977. The van der Waals surface area contributed by atoms with Crippen LogP contribution in [0.25, 0.3) is 22.4 Å². The van der Waals surface area contributed by atoms with E-state index in [1.54, 1.807) is 6.07 Å². The van der Waals surface area contributed by atoms with Crippen LogP contribution in [0.2, 0.25) is 5.02 Å². The van der Waals surface area contributed by atoms with Crippen LogP contribution in [0.15, 0.2) is 30.3 Å². The third-order valence-electron chi connectivity index (χ3n) is 3.73. The number of carbonyl (C=O) groups excluding carboxylic acids is 2. The van der Waals surface area contributed by atoms with Crippen molar-refractivity contribution in [3.63, 3.8) is 0 Å². The number of anilines is 2. The highest BCUT2D eigenvalue weighted by molar-refractivity contribution is 6.35. The van der Waals surface area contributed by atoms with Crippen LogP contribution in [0.5, 0.6) is 0 Å². The largest absolute Gasteiger partial charge is 0.338 e. The van der Waals surface area contributed by atoms with Crippen molar-refractivity contribution in [2.75, 3.05) is 10.6 Å². The van der Waals surface area contributed by atoms with Crippen molar-refractivity contribution >= 4 is 45.8 Å². The van der Waals surface area contributed by atoms with Gasteiger partial charge in [-0.05, 0) is 42.8 Å². The number of aromatic amines is 1. The molecule has 0 saturated heterocycles. The molecule has 0 atom stereocenters. The molecule has 3 N–H and O–H groups in total. The van der Waals surface area contributed by atoms with Gasteiger partial charge in [-0.25, -0.2) is 4.98 Å². The third-order valence-corrected chi connectivity index (χ3v) is 4.22. The van der Waals surface area contributed by atoms with Crippen LogP contribution < -0.4 is 10.6 Å². The van der Waals surface area contributed by atoms with Gasteiger partial charge in [0, 0.05) is 25.1 Å². The van der Waals surface area contributed by atoms with Gasteiger partial charge in [0.25, 0.3) is 0 Å². The van der Waals surface area contributed by atoms with Crippen LogP contribution in [0.1, 0.15) is 19.4 Å². The topological polar surface area (TPSA) is 86.9 Å². The summed E-state index contributed by atoms with van der Waals surface area (Å²) in [5, 5.41) is 5.92. The SMILES string of the molecule is CC(=O)Nc1ccc(-c2nc3c(C)c(Cl)c(NC(C)=O)cc3[nH]2)cc1. The second-order valence-corrected chi connectivity index (χ2v) is 6.16. The van der Waals surface area contributed by atoms with E-state index in [1.807, 2.05) is 31.2 Å². The summed E-state index contributed by atoms with van der Waals surface area (Å²) in [4.78, 5) is 30.3. The summed E-state index contributed by atoms with van der Waals surface area (Å²) in [7, 11) is 0. The van der Waals surface area contributed by atoms with Gasteiger partial charge in [0.05, 0.1) is 21.7 Å². The van der Waals surface area contributed by atoms with E-state index in [0.717, 1.165) is 27.8 Å². The van der Waals surface area contributed by atoms with Gasteiger partial charge in [0.15, 0.2) is 0 Å². The van der Waals surface area contributed by atoms with E-state index in [9.17, 15) is 9.59 Å². The van der Waals surface area contributed by atoms with E-state index in [-0.39, 0.29) is 11.8 Å². The molecule has 0 aliphatic heterocycles. The minimum absolute atomic E-state index is 0.118. The van der Waals surface area contributed by atoms with E-state index in [2.05, 4.69) is 20.6 Å². The first-order chi connectivity index (χ1) is 11.8. The molecule has 1 heterocycles. The highest BCUT2D eigenvalue weighted by Crippen LogP contribution is 2.33. The number of aromatic nitrogens is 2. The molecule has 0 aliphatic rings. The Morgan fingerprint density at radius 3 is 2.32 bits per heavy atom. The number of benzene rings is 2. The summed E-state index contributed by atoms with van der Waals surface area (Å²) >= 11 is 6.33. The second-order valence-electron chi connectivity index (χ2n) is 5.78. The molecule has 0 bridgehead atoms. The number of carbonyl (C=O) groups is 2. The van der Waals surface area contributed by atoms with Crippen LogP contribution in [-0.4, -0.2) is 21.8 Å². The van der Waals surface area contributed by atoms with Gasteiger partial charge in [-0.3, -0.25) is 9.59 Å². The molecule has 2 amide bonds. The molecule has 6 nitrogen and oxygen atoms in total. The molecule has 0 aliphatic carbocycles. The van der Waals surface area contributed by atoms with Gasteiger partial charge in [0.1, 0.15) is 5.82 Å². The van der Waals surface area contributed by atoms with Crippen molar-refractivity contribution in [1.29, 1.82) is 0 Å². The maximum atomic E-state index is 11.3. The average molecular weight is 357 g/mol. The fourth-order valence-electron chi connectivity index (χ4n) is 2.62. The molecule has 7 heteroatoms. The molecular weight excluding hydrogens is 340 g/mol. The molecule has 2 aromatic carbocycles. The van der Waals surface area contributed by atoms with Crippen LogP contribution in [0.4, 0.5) is 11.4 Å². The predicted molar refractivity (Wildman–Crippen MR) is 99.9 cm³/mol. The quantitative estimate of drug-likeness (QED) is 0.660. The van der Waals surface area contributed by atoms with Crippen molar-refractivity contribution in [3.05, 3.63) is 40.9 Å². The lowest BCUT2D eigenvalue weighted by molar-refractivity contribution is -0.115. The summed E-state index contributed by atoms with van der Waals surface area (Å²) < 4.78 is 0. The van der Waals surface area contributed by atoms with Gasteiger partial charge in [0.2, 0.25) is 11.8 Å². The Morgan fingerprint density at radius 1 is 1.08 bits per heavy atom. The van der Waals surface area contributed by atoms with Gasteiger partial charge in [-0.15, -0.1) is 0 Å². The molecule has 0 saturated carbocycles. The van der Waals surface area contributed by atoms with Gasteiger partial charge in [-0.2, -0.15) is 0 Å². The van der Waals surface area contributed by atoms with Gasteiger partial charge in [-0.1, -0.05) is 11.6 Å². The van der Waals surface area contributed by atoms with Crippen molar-refractivity contribution in [2.45, 2.75) is 20.8 Å². The number of nitrogens with zero attached hydrogens (tertiary/aromatic N) is 1. The average Bonchev–Trinajstić information content (AvgIpc) is 2.96. The van der Waals surface area contributed by atoms with E-state index >= 15 is 0 Å². The standard InChI is InChI=1S/C18H17ClN4O2/c1-9-16(19)14(21-11(3)25)8-15-17(9)23-18(22-15)12-4-6-13(7-5-12)20-10(2)24/h4-8H,1-3H3,(H,20,24)(H,21,25)(H,22,23). The fraction of sp³-hybridized carbons (Fsp3) is 0.167. The number of hydrogen-bond acceptors (Lipinski definition) is 3. The zero-order valence-electron chi connectivity index (χ0n) is 14.0. The maximum Gasteiger partial charge on any atom is 0.221 e. The van der Waals surface area contributed by atoms with Crippen molar-refractivity contribution < 1.29 is 9.59 Å². The Kier molecular flexibility index (Phi) is 4.46. The minimum Gasteiger partial charge on any atom is -0.338 e. The summed E-state index contributed by atoms with van der Waals surface area (Å²) in [5.74, 6) is 0.379. The molecule has 3 aromatic rings. The highest BCUT2D eigenvalue weighted by Gasteiger charge is 2.14. The molecule has 0 fully saturated rings. The lowest BCUT2D eigenvalue weighted by Crippen LogP contribution is -2.06. The van der Waals surface area contributed by atoms with Crippen LogP contribution >= 0.6 is 11.6 Å². The number of halogens is 1. The Labute approximate surface area is 149 Å². The fourth-order valence-corrected chi connectivity index (χ4v) is 2.81. The molecule has 0 unspecified atom stereocenters. The molecule has 0 spiro atoms. The third kappa shape index (κ3) is 3.49. The van der Waals surface area contributed by atoms with Crippen molar-refractivity contribution in [1.82, 2.24) is 9.97 Å². The Balaban J connectivity index is 2.02. The summed E-state index contributed by atoms with van der Waals surface area (Å²) in [6.45, 7) is 4.76. The number of H-pyrrole nitrogens is 1. The zero-order chi connectivity index (χ0) is 18.1. The molecule has 1 aromatic heterocycles. The van der Waals surface area contributed by atoms with Crippen LogP contribution in [-0.2, 0) is 9.59 Å². The van der Waals surface area contributed by atoms with E-state index in [4.69, 9.17) is 11.6 Å². The highest BCUT2D eigenvalue weighted by atomic mass is 35.5. The van der Waals surface area contributed by atoms with Gasteiger partial charge >= 0.3 is 0 Å². The molecule has 128 valence electrons. The summed E-state index contributed by atoms with van der Waals surface area (Å²) in [6.07, 6.45) is 0. The Morgan fingerprint density at radius 2 is 1.72 bits per heavy atom. The smallest absolute Gasteiger partial charge is 0.221 e. The number of nitrogens with one attached hydrogen (secondary N) is 3. The first-order valence-electron chi connectivity index (χ1n) is 7.69. The van der Waals surface area contributed by atoms with Crippen LogP contribution in [0, 0.1) is 6.92 Å². The van der Waals surface area contributed by atoms with Crippen LogP contribution in [0.3, 0.4) is 0 Å². The van der Waals surface area contributed by atoms with Gasteiger partial charge < -0.3 is 15.6 Å². The lowest BCUT2D eigenvalue weighted by Gasteiger charge is -2.07. The van der Waals surface area contributed by atoms with E-state index in [0.29, 0.717) is 16.5 Å². The number of aryl methyl sites for hydroxylation is 1. The predicted octanol–water partition coefficient (Wildman–Crippen LogP) is 4.11. The normalized spacial score (nSPS) is 10.7. The van der Waals surface area contributed by atoms with E-state index < -0.39 is 0 Å². The number of hydrogen-bond donors (Lipinski definition) is 3. The monoisotopic (exact) mass is 356 g/mol. The molecule has 25 heavy (non-hydrogen) atoms. The molecule has 0 radical (unpaired) electrons. The lowest BCUT2D eigenvalue weighted by atomic mass is 10.2.